The molecule has 4 bridgehead atoms. The van der Waals surface area contributed by atoms with Crippen LogP contribution in [0, 0.1) is 33.3 Å². The van der Waals surface area contributed by atoms with Gasteiger partial charge in [0.05, 0.1) is 11.1 Å². The van der Waals surface area contributed by atoms with Crippen LogP contribution < -0.4 is 5.73 Å². The van der Waals surface area contributed by atoms with Gasteiger partial charge in [0.2, 0.25) is 0 Å². The highest BCUT2D eigenvalue weighted by molar-refractivity contribution is 5.88. The van der Waals surface area contributed by atoms with Crippen molar-refractivity contribution in [1.29, 1.82) is 0 Å². The molecule has 5 rings (SSSR count). The lowest BCUT2D eigenvalue weighted by Gasteiger charge is -2.56. The third-order valence-electron chi connectivity index (χ3n) is 6.06. The Morgan fingerprint density at radius 2 is 1.67 bits per heavy atom. The number of nitro benzene ring substituents is 1. The van der Waals surface area contributed by atoms with Gasteiger partial charge in [-0.3, -0.25) is 10.1 Å². The Balaban J connectivity index is 1.48. The van der Waals surface area contributed by atoms with Gasteiger partial charge in [0.1, 0.15) is 5.84 Å². The molecular formula is C18H22N4O2. The Hall–Kier alpha value is -2.24. The first-order valence-corrected chi connectivity index (χ1v) is 8.65. The van der Waals surface area contributed by atoms with Gasteiger partial charge in [-0.25, -0.2) is 0 Å². The molecule has 4 aliphatic rings. The van der Waals surface area contributed by atoms with Gasteiger partial charge in [-0.2, -0.15) is 5.10 Å². The second-order valence-corrected chi connectivity index (χ2v) is 7.78. The minimum Gasteiger partial charge on any atom is -0.385 e. The van der Waals surface area contributed by atoms with Crippen molar-refractivity contribution in [2.75, 3.05) is 0 Å². The fourth-order valence-electron chi connectivity index (χ4n) is 5.37. The summed E-state index contributed by atoms with van der Waals surface area (Å²) in [6.45, 7) is 0. The number of non-ortho nitro benzene ring substituents is 1. The molecule has 1 aromatic rings. The Bertz CT molecular complexity index is 673. The quantitative estimate of drug-likeness (QED) is 0.397. The van der Waals surface area contributed by atoms with Crippen molar-refractivity contribution in [3.63, 3.8) is 0 Å². The molecule has 6 heteroatoms. The monoisotopic (exact) mass is 326 g/mol. The van der Waals surface area contributed by atoms with Gasteiger partial charge in [-0.1, -0.05) is 0 Å². The first kappa shape index (κ1) is 15.3. The number of rotatable bonds is 4. The normalized spacial score (nSPS) is 34.8. The summed E-state index contributed by atoms with van der Waals surface area (Å²) in [5.41, 5.74) is 7.27. The fourth-order valence-corrected chi connectivity index (χ4v) is 5.37. The first-order chi connectivity index (χ1) is 11.5. The fraction of sp³-hybridized carbons (Fsp3) is 0.556. The molecule has 24 heavy (non-hydrogen) atoms. The second-order valence-electron chi connectivity index (χ2n) is 7.78. The predicted molar refractivity (Wildman–Crippen MR) is 92.9 cm³/mol. The van der Waals surface area contributed by atoms with Crippen molar-refractivity contribution < 1.29 is 4.92 Å². The van der Waals surface area contributed by atoms with E-state index < -0.39 is 4.92 Å². The molecule has 0 saturated heterocycles. The molecule has 4 fully saturated rings. The van der Waals surface area contributed by atoms with Crippen LogP contribution in [0.5, 0.6) is 0 Å². The standard InChI is InChI=1S/C18H22N4O2/c19-17(18-8-13-5-14(9-18)7-15(6-13)10-18)21-20-11-12-1-3-16(4-2-12)22(23)24/h1-4,11,13-15H,5-10H2,(H2,19,21). The maximum Gasteiger partial charge on any atom is 0.269 e. The van der Waals surface area contributed by atoms with E-state index in [-0.39, 0.29) is 11.1 Å². The van der Waals surface area contributed by atoms with E-state index in [9.17, 15) is 10.1 Å². The van der Waals surface area contributed by atoms with Gasteiger partial charge < -0.3 is 5.73 Å². The SMILES string of the molecule is N/C(=N\N=Cc1ccc([N+](=O)[O-])cc1)C12CC3CC(CC(C3)C1)C2. The largest absolute Gasteiger partial charge is 0.385 e. The van der Waals surface area contributed by atoms with Gasteiger partial charge in [0.15, 0.2) is 0 Å². The molecule has 1 aromatic carbocycles. The van der Waals surface area contributed by atoms with E-state index in [0.29, 0.717) is 5.84 Å². The van der Waals surface area contributed by atoms with E-state index in [4.69, 9.17) is 5.73 Å². The van der Waals surface area contributed by atoms with Crippen molar-refractivity contribution in [3.8, 4) is 0 Å². The first-order valence-electron chi connectivity index (χ1n) is 8.65. The number of nitro groups is 1. The zero-order valence-electron chi connectivity index (χ0n) is 13.6. The number of amidine groups is 1. The Labute approximate surface area is 141 Å². The third-order valence-corrected chi connectivity index (χ3v) is 6.06. The van der Waals surface area contributed by atoms with Crippen molar-refractivity contribution >= 4 is 17.7 Å². The molecule has 0 radical (unpaired) electrons. The molecule has 2 N–H and O–H groups in total. The van der Waals surface area contributed by atoms with E-state index >= 15 is 0 Å². The van der Waals surface area contributed by atoms with Gasteiger partial charge >= 0.3 is 0 Å². The summed E-state index contributed by atoms with van der Waals surface area (Å²) in [6, 6.07) is 6.26. The number of nitrogens with zero attached hydrogens (tertiary/aromatic N) is 3. The van der Waals surface area contributed by atoms with Crippen LogP contribution in [-0.4, -0.2) is 17.0 Å². The maximum atomic E-state index is 10.7. The summed E-state index contributed by atoms with van der Waals surface area (Å²) in [7, 11) is 0. The smallest absolute Gasteiger partial charge is 0.269 e. The van der Waals surface area contributed by atoms with E-state index in [0.717, 1.165) is 23.3 Å². The summed E-state index contributed by atoms with van der Waals surface area (Å²) in [5.74, 6) is 3.15. The van der Waals surface area contributed by atoms with E-state index in [1.165, 1.54) is 50.7 Å². The van der Waals surface area contributed by atoms with Crippen LogP contribution in [0.1, 0.15) is 44.1 Å². The third kappa shape index (κ3) is 2.70. The molecule has 0 amide bonds. The lowest BCUT2D eigenvalue weighted by molar-refractivity contribution is -0.384. The molecule has 0 unspecified atom stereocenters. The van der Waals surface area contributed by atoms with E-state index in [2.05, 4.69) is 10.2 Å². The van der Waals surface area contributed by atoms with Crippen LogP contribution in [0.3, 0.4) is 0 Å². The summed E-state index contributed by atoms with van der Waals surface area (Å²) in [6.07, 6.45) is 9.23. The highest BCUT2D eigenvalue weighted by atomic mass is 16.6. The van der Waals surface area contributed by atoms with Crippen molar-refractivity contribution in [1.82, 2.24) is 0 Å². The number of benzene rings is 1. The molecule has 6 nitrogen and oxygen atoms in total. The van der Waals surface area contributed by atoms with Crippen molar-refractivity contribution in [2.45, 2.75) is 38.5 Å². The molecule has 0 aliphatic heterocycles. The Kier molecular flexibility index (Phi) is 3.62. The topological polar surface area (TPSA) is 93.9 Å². The summed E-state index contributed by atoms with van der Waals surface area (Å²) in [5, 5.41) is 19.1. The molecule has 4 saturated carbocycles. The lowest BCUT2D eigenvalue weighted by atomic mass is 9.49. The molecule has 0 aromatic heterocycles. The molecule has 0 heterocycles. The average molecular weight is 326 g/mol. The minimum absolute atomic E-state index is 0.0710. The van der Waals surface area contributed by atoms with Crippen LogP contribution in [0.25, 0.3) is 0 Å². The number of hydrogen-bond donors (Lipinski definition) is 1. The number of nitrogens with two attached hydrogens (primary N) is 1. The van der Waals surface area contributed by atoms with E-state index in [1.807, 2.05) is 0 Å². The van der Waals surface area contributed by atoms with Crippen LogP contribution in [0.4, 0.5) is 5.69 Å². The van der Waals surface area contributed by atoms with Crippen LogP contribution in [-0.2, 0) is 0 Å². The average Bonchev–Trinajstić information content (AvgIpc) is 2.54. The molecule has 4 aliphatic carbocycles. The predicted octanol–water partition coefficient (Wildman–Crippen LogP) is 3.50. The Morgan fingerprint density at radius 1 is 1.12 bits per heavy atom. The van der Waals surface area contributed by atoms with E-state index in [1.54, 1.807) is 18.3 Å². The maximum absolute atomic E-state index is 10.7. The second kappa shape index (κ2) is 5.69. The van der Waals surface area contributed by atoms with Crippen molar-refractivity contribution in [3.05, 3.63) is 39.9 Å². The molecular weight excluding hydrogens is 304 g/mol. The van der Waals surface area contributed by atoms with Crippen molar-refractivity contribution in [2.24, 2.45) is 39.1 Å². The van der Waals surface area contributed by atoms with Gasteiger partial charge in [0, 0.05) is 17.5 Å². The zero-order chi connectivity index (χ0) is 16.7. The highest BCUT2D eigenvalue weighted by Crippen LogP contribution is 2.60. The van der Waals surface area contributed by atoms with Crippen LogP contribution in [0.15, 0.2) is 34.5 Å². The van der Waals surface area contributed by atoms with Gasteiger partial charge in [0.25, 0.3) is 5.69 Å². The summed E-state index contributed by atoms with van der Waals surface area (Å²) in [4.78, 5) is 10.2. The van der Waals surface area contributed by atoms with Gasteiger partial charge in [-0.05, 0) is 74.0 Å². The van der Waals surface area contributed by atoms with Gasteiger partial charge in [-0.15, -0.1) is 5.10 Å². The molecule has 0 spiro atoms. The lowest BCUT2D eigenvalue weighted by Crippen LogP contribution is -2.52. The van der Waals surface area contributed by atoms with Crippen LogP contribution >= 0.6 is 0 Å². The minimum atomic E-state index is -0.413. The molecule has 126 valence electrons. The Morgan fingerprint density at radius 3 is 2.17 bits per heavy atom. The van der Waals surface area contributed by atoms with Crippen LogP contribution in [0.2, 0.25) is 0 Å². The number of hydrogen-bond acceptors (Lipinski definition) is 4. The summed E-state index contributed by atoms with van der Waals surface area (Å²) >= 11 is 0. The zero-order valence-corrected chi connectivity index (χ0v) is 13.6. The summed E-state index contributed by atoms with van der Waals surface area (Å²) < 4.78 is 0. The molecule has 0 atom stereocenters. The highest BCUT2D eigenvalue weighted by Gasteiger charge is 2.52.